The number of carbonyl (C=O) groups excluding carboxylic acids is 1. The van der Waals surface area contributed by atoms with E-state index in [2.05, 4.69) is 4.98 Å². The van der Waals surface area contributed by atoms with Crippen LogP contribution in [0.1, 0.15) is 17.3 Å². The molecule has 21 heavy (non-hydrogen) atoms. The molecule has 1 heterocycles. The van der Waals surface area contributed by atoms with E-state index in [1.807, 2.05) is 4.72 Å². The number of pyridine rings is 1. The molecule has 0 spiro atoms. The van der Waals surface area contributed by atoms with Crippen LogP contribution in [-0.4, -0.2) is 19.2 Å². The van der Waals surface area contributed by atoms with Crippen LogP contribution >= 0.6 is 0 Å². The van der Waals surface area contributed by atoms with Crippen LogP contribution in [0, 0.1) is 11.9 Å². The molecule has 0 saturated heterocycles. The number of sulfonamides is 1. The molecule has 0 bridgehead atoms. The fourth-order valence-electron chi connectivity index (χ4n) is 1.57. The highest BCUT2D eigenvalue weighted by Gasteiger charge is 2.18. The van der Waals surface area contributed by atoms with Crippen molar-refractivity contribution < 1.29 is 22.0 Å². The number of benzene rings is 1. The van der Waals surface area contributed by atoms with E-state index in [9.17, 15) is 22.0 Å². The van der Waals surface area contributed by atoms with E-state index in [-0.39, 0.29) is 16.2 Å². The quantitative estimate of drug-likeness (QED) is 0.694. The molecule has 8 heteroatoms. The zero-order valence-corrected chi connectivity index (χ0v) is 11.6. The minimum Gasteiger partial charge on any atom is -0.295 e. The molecule has 2 rings (SSSR count). The normalized spacial score (nSPS) is 11.2. The number of rotatable bonds is 4. The number of carbonyl (C=O) groups is 1. The largest absolute Gasteiger partial charge is 0.295 e. The van der Waals surface area contributed by atoms with Gasteiger partial charge >= 0.3 is 0 Å². The number of ketones is 1. The van der Waals surface area contributed by atoms with Crippen molar-refractivity contribution >= 4 is 21.5 Å². The summed E-state index contributed by atoms with van der Waals surface area (Å²) in [5.41, 5.74) is -0.278. The first-order chi connectivity index (χ1) is 9.79. The number of nitrogens with zero attached hydrogens (tertiary/aromatic N) is 1. The van der Waals surface area contributed by atoms with Gasteiger partial charge in [-0.2, -0.15) is 13.8 Å². The van der Waals surface area contributed by atoms with Gasteiger partial charge < -0.3 is 0 Å². The molecule has 5 nitrogen and oxygen atoms in total. The molecular formula is C13H10F2N2O3S. The van der Waals surface area contributed by atoms with Crippen LogP contribution in [0.2, 0.25) is 0 Å². The Kier molecular flexibility index (Phi) is 3.99. The molecule has 0 atom stereocenters. The van der Waals surface area contributed by atoms with Crippen LogP contribution in [0.4, 0.5) is 14.5 Å². The third-order valence-corrected chi connectivity index (χ3v) is 3.97. The average Bonchev–Trinajstić information content (AvgIpc) is 2.42. The standard InChI is InChI=1S/C13H10F2N2O3S/c1-8(18)9-3-2-4-10(7-9)21(19,20)17-11-5-6-12(14)16-13(11)15/h2-7,17H,1H3. The lowest BCUT2D eigenvalue weighted by Gasteiger charge is -2.09. The summed E-state index contributed by atoms with van der Waals surface area (Å²) < 4.78 is 52.2. The maximum atomic E-state index is 13.4. The van der Waals surface area contributed by atoms with Gasteiger partial charge in [-0.3, -0.25) is 9.52 Å². The van der Waals surface area contributed by atoms with Crippen LogP contribution in [0.25, 0.3) is 0 Å². The van der Waals surface area contributed by atoms with Crippen LogP contribution in [0.3, 0.4) is 0 Å². The third kappa shape index (κ3) is 3.40. The lowest BCUT2D eigenvalue weighted by molar-refractivity contribution is 0.101. The van der Waals surface area contributed by atoms with Gasteiger partial charge in [-0.05, 0) is 31.2 Å². The summed E-state index contributed by atoms with van der Waals surface area (Å²) in [5, 5.41) is 0. The summed E-state index contributed by atoms with van der Waals surface area (Å²) in [5.74, 6) is -2.64. The third-order valence-electron chi connectivity index (χ3n) is 2.61. The molecule has 0 aliphatic rings. The average molecular weight is 312 g/mol. The van der Waals surface area contributed by atoms with Gasteiger partial charge in [-0.15, -0.1) is 0 Å². The van der Waals surface area contributed by atoms with Gasteiger partial charge in [0.1, 0.15) is 5.69 Å². The van der Waals surface area contributed by atoms with E-state index in [1.165, 1.54) is 31.2 Å². The zero-order chi connectivity index (χ0) is 15.6. The first kappa shape index (κ1) is 15.0. The molecule has 0 unspecified atom stereocenters. The Labute approximate surface area is 119 Å². The molecule has 1 N–H and O–H groups in total. The Hall–Kier alpha value is -2.35. The Morgan fingerprint density at radius 3 is 2.52 bits per heavy atom. The Bertz CT molecular complexity index is 807. The van der Waals surface area contributed by atoms with Gasteiger partial charge in [0, 0.05) is 5.56 Å². The van der Waals surface area contributed by atoms with E-state index in [0.717, 1.165) is 12.1 Å². The molecule has 1 aromatic heterocycles. The van der Waals surface area contributed by atoms with E-state index in [1.54, 1.807) is 0 Å². The number of halogens is 2. The molecule has 0 aliphatic carbocycles. The van der Waals surface area contributed by atoms with Crippen molar-refractivity contribution in [3.63, 3.8) is 0 Å². The van der Waals surface area contributed by atoms with E-state index >= 15 is 0 Å². The van der Waals surface area contributed by atoms with Gasteiger partial charge in [0.25, 0.3) is 10.0 Å². The Morgan fingerprint density at radius 1 is 1.19 bits per heavy atom. The highest BCUT2D eigenvalue weighted by Crippen LogP contribution is 2.19. The van der Waals surface area contributed by atoms with Crippen molar-refractivity contribution in [2.24, 2.45) is 0 Å². The SMILES string of the molecule is CC(=O)c1cccc(S(=O)(=O)Nc2ccc(F)nc2F)c1. The summed E-state index contributed by atoms with van der Waals surface area (Å²) in [6, 6.07) is 7.02. The molecule has 0 saturated carbocycles. The van der Waals surface area contributed by atoms with Crippen molar-refractivity contribution in [1.29, 1.82) is 0 Å². The van der Waals surface area contributed by atoms with Gasteiger partial charge in [-0.25, -0.2) is 8.42 Å². The highest BCUT2D eigenvalue weighted by atomic mass is 32.2. The molecule has 2 aromatic rings. The summed E-state index contributed by atoms with van der Waals surface area (Å²) in [4.78, 5) is 13.9. The molecule has 1 aromatic carbocycles. The maximum absolute atomic E-state index is 13.4. The highest BCUT2D eigenvalue weighted by molar-refractivity contribution is 7.92. The molecular weight excluding hydrogens is 302 g/mol. The fourth-order valence-corrected chi connectivity index (χ4v) is 2.67. The molecule has 0 aliphatic heterocycles. The predicted molar refractivity (Wildman–Crippen MR) is 71.4 cm³/mol. The minimum atomic E-state index is -4.11. The number of hydrogen-bond donors (Lipinski definition) is 1. The maximum Gasteiger partial charge on any atom is 0.262 e. The Balaban J connectivity index is 2.38. The summed E-state index contributed by atoms with van der Waals surface area (Å²) >= 11 is 0. The molecule has 110 valence electrons. The van der Waals surface area contributed by atoms with Crippen molar-refractivity contribution in [3.8, 4) is 0 Å². The first-order valence-corrected chi connectivity index (χ1v) is 7.24. The van der Waals surface area contributed by atoms with Gasteiger partial charge in [0.2, 0.25) is 11.9 Å². The first-order valence-electron chi connectivity index (χ1n) is 5.75. The van der Waals surface area contributed by atoms with Crippen molar-refractivity contribution in [2.45, 2.75) is 11.8 Å². The summed E-state index contributed by atoms with van der Waals surface area (Å²) in [6.45, 7) is 1.29. The van der Waals surface area contributed by atoms with Crippen LogP contribution in [-0.2, 0) is 10.0 Å². The monoisotopic (exact) mass is 312 g/mol. The van der Waals surface area contributed by atoms with Crippen molar-refractivity contribution in [1.82, 2.24) is 4.98 Å². The number of Topliss-reactive ketones (excluding diaryl/α,β-unsaturated/α-hetero) is 1. The number of anilines is 1. The lowest BCUT2D eigenvalue weighted by atomic mass is 10.2. The van der Waals surface area contributed by atoms with E-state index < -0.39 is 27.6 Å². The van der Waals surface area contributed by atoms with Gasteiger partial charge in [0.15, 0.2) is 5.78 Å². The predicted octanol–water partition coefficient (Wildman–Crippen LogP) is 2.36. The second-order valence-corrected chi connectivity index (χ2v) is 5.84. The number of aromatic nitrogens is 1. The van der Waals surface area contributed by atoms with Crippen molar-refractivity contribution in [3.05, 3.63) is 53.9 Å². The van der Waals surface area contributed by atoms with E-state index in [4.69, 9.17) is 0 Å². The lowest BCUT2D eigenvalue weighted by Crippen LogP contribution is -2.15. The number of hydrogen-bond acceptors (Lipinski definition) is 4. The van der Waals surface area contributed by atoms with Crippen LogP contribution in [0.5, 0.6) is 0 Å². The summed E-state index contributed by atoms with van der Waals surface area (Å²) in [6.07, 6.45) is 0. The second kappa shape index (κ2) is 5.57. The summed E-state index contributed by atoms with van der Waals surface area (Å²) in [7, 11) is -4.11. The van der Waals surface area contributed by atoms with Gasteiger partial charge in [0.05, 0.1) is 4.90 Å². The van der Waals surface area contributed by atoms with E-state index in [0.29, 0.717) is 0 Å². The molecule has 0 fully saturated rings. The smallest absolute Gasteiger partial charge is 0.262 e. The zero-order valence-electron chi connectivity index (χ0n) is 10.8. The van der Waals surface area contributed by atoms with Crippen LogP contribution in [0.15, 0.2) is 41.3 Å². The fraction of sp³-hybridized carbons (Fsp3) is 0.0769. The van der Waals surface area contributed by atoms with Crippen molar-refractivity contribution in [2.75, 3.05) is 4.72 Å². The van der Waals surface area contributed by atoms with Gasteiger partial charge in [-0.1, -0.05) is 12.1 Å². The van der Waals surface area contributed by atoms with Crippen LogP contribution < -0.4 is 4.72 Å². The Morgan fingerprint density at radius 2 is 1.90 bits per heavy atom. The second-order valence-electron chi connectivity index (χ2n) is 4.16. The minimum absolute atomic E-state index is 0.204. The number of nitrogens with one attached hydrogen (secondary N) is 1. The molecule has 0 amide bonds. The molecule has 0 radical (unpaired) electrons. The topological polar surface area (TPSA) is 76.1 Å².